The molecule has 0 atom stereocenters. The molecule has 0 bridgehead atoms. The van der Waals surface area contributed by atoms with Gasteiger partial charge in [-0.05, 0) is 29.8 Å². The van der Waals surface area contributed by atoms with E-state index in [0.717, 1.165) is 22.0 Å². The summed E-state index contributed by atoms with van der Waals surface area (Å²) >= 11 is 0. The molecular formula is C20H14N4O. The molecule has 2 aromatic heterocycles. The Balaban J connectivity index is 1.67. The summed E-state index contributed by atoms with van der Waals surface area (Å²) in [6.45, 7) is 0. The molecule has 5 nitrogen and oxygen atoms in total. The van der Waals surface area contributed by atoms with Crippen LogP contribution in [-0.4, -0.2) is 20.9 Å². The van der Waals surface area contributed by atoms with Gasteiger partial charge >= 0.3 is 0 Å². The lowest BCUT2D eigenvalue weighted by Gasteiger charge is -2.10. The largest absolute Gasteiger partial charge is 0.307 e. The number of nitrogens with zero attached hydrogens (tertiary/aromatic N) is 3. The Kier molecular flexibility index (Phi) is 3.88. The number of carbonyl (C=O) groups is 1. The Hall–Kier alpha value is -3.60. The molecule has 2 heterocycles. The molecule has 4 rings (SSSR count). The zero-order valence-electron chi connectivity index (χ0n) is 13.3. The minimum atomic E-state index is -0.220. The number of hydrogen-bond acceptors (Lipinski definition) is 4. The molecule has 25 heavy (non-hydrogen) atoms. The molecule has 0 aliphatic rings. The van der Waals surface area contributed by atoms with Gasteiger partial charge in [-0.3, -0.25) is 4.79 Å². The van der Waals surface area contributed by atoms with Gasteiger partial charge in [0.1, 0.15) is 12.1 Å². The van der Waals surface area contributed by atoms with E-state index in [1.165, 1.54) is 6.33 Å². The molecule has 4 aromatic rings. The molecule has 0 aliphatic carbocycles. The highest BCUT2D eigenvalue weighted by Gasteiger charge is 2.13. The van der Waals surface area contributed by atoms with Crippen molar-refractivity contribution in [3.8, 4) is 11.1 Å². The van der Waals surface area contributed by atoms with E-state index in [0.29, 0.717) is 11.4 Å². The monoisotopic (exact) mass is 326 g/mol. The highest BCUT2D eigenvalue weighted by atomic mass is 16.1. The smallest absolute Gasteiger partial charge is 0.257 e. The first-order valence-electron chi connectivity index (χ1n) is 7.83. The first-order valence-corrected chi connectivity index (χ1v) is 7.83. The molecular weight excluding hydrogens is 312 g/mol. The highest BCUT2D eigenvalue weighted by Crippen LogP contribution is 2.23. The van der Waals surface area contributed by atoms with Crippen LogP contribution in [0.3, 0.4) is 0 Å². The van der Waals surface area contributed by atoms with Gasteiger partial charge in [0.2, 0.25) is 0 Å². The fourth-order valence-corrected chi connectivity index (χ4v) is 2.69. The number of hydrogen-bond donors (Lipinski definition) is 1. The lowest BCUT2D eigenvalue weighted by Crippen LogP contribution is -2.14. The standard InChI is InChI=1S/C20H14N4O/c25-20(24-19-10-9-14-5-1-4-8-18(14)23-19)17-7-3-2-6-16(17)15-11-21-13-22-12-15/h1-13H,(H,23,24,25). The Morgan fingerprint density at radius 3 is 2.48 bits per heavy atom. The predicted octanol–water partition coefficient (Wildman–Crippen LogP) is 3.94. The van der Waals surface area contributed by atoms with Gasteiger partial charge in [-0.15, -0.1) is 0 Å². The number of rotatable bonds is 3. The third kappa shape index (κ3) is 3.07. The van der Waals surface area contributed by atoms with E-state index >= 15 is 0 Å². The second-order valence-electron chi connectivity index (χ2n) is 5.52. The number of nitrogens with one attached hydrogen (secondary N) is 1. The number of carbonyl (C=O) groups excluding carboxylic acids is 1. The van der Waals surface area contributed by atoms with E-state index in [4.69, 9.17) is 0 Å². The first kappa shape index (κ1) is 15.0. The van der Waals surface area contributed by atoms with Crippen LogP contribution in [0.4, 0.5) is 5.82 Å². The molecule has 2 aromatic carbocycles. The molecule has 120 valence electrons. The van der Waals surface area contributed by atoms with Crippen molar-refractivity contribution >= 4 is 22.6 Å². The summed E-state index contributed by atoms with van der Waals surface area (Å²) in [6.07, 6.45) is 4.84. The maximum absolute atomic E-state index is 12.8. The van der Waals surface area contributed by atoms with Crippen LogP contribution in [0.15, 0.2) is 79.4 Å². The Labute approximate surface area is 144 Å². The Morgan fingerprint density at radius 1 is 0.840 bits per heavy atom. The molecule has 5 heteroatoms. The van der Waals surface area contributed by atoms with Gasteiger partial charge in [0, 0.05) is 28.9 Å². The number of pyridine rings is 1. The molecule has 0 fully saturated rings. The lowest BCUT2D eigenvalue weighted by molar-refractivity contribution is 0.102. The van der Waals surface area contributed by atoms with E-state index in [1.807, 2.05) is 48.5 Å². The topological polar surface area (TPSA) is 67.8 Å². The van der Waals surface area contributed by atoms with Crippen molar-refractivity contribution < 1.29 is 4.79 Å². The Bertz CT molecular complexity index is 1050. The van der Waals surface area contributed by atoms with Crippen molar-refractivity contribution in [2.75, 3.05) is 5.32 Å². The molecule has 0 unspecified atom stereocenters. The van der Waals surface area contributed by atoms with Gasteiger partial charge in [-0.25, -0.2) is 15.0 Å². The van der Waals surface area contributed by atoms with E-state index in [-0.39, 0.29) is 5.91 Å². The number of amides is 1. The summed E-state index contributed by atoms with van der Waals surface area (Å²) in [4.78, 5) is 25.3. The molecule has 0 aliphatic heterocycles. The van der Waals surface area contributed by atoms with E-state index in [1.54, 1.807) is 24.5 Å². The zero-order valence-corrected chi connectivity index (χ0v) is 13.3. The number of benzene rings is 2. The van der Waals surface area contributed by atoms with Crippen LogP contribution in [0.25, 0.3) is 22.0 Å². The average molecular weight is 326 g/mol. The molecule has 0 saturated carbocycles. The van der Waals surface area contributed by atoms with Gasteiger partial charge in [-0.1, -0.05) is 36.4 Å². The summed E-state index contributed by atoms with van der Waals surface area (Å²) < 4.78 is 0. The van der Waals surface area contributed by atoms with Gasteiger partial charge in [0.05, 0.1) is 5.52 Å². The molecule has 1 N–H and O–H groups in total. The summed E-state index contributed by atoms with van der Waals surface area (Å²) in [5, 5.41) is 3.90. The minimum Gasteiger partial charge on any atom is -0.307 e. The average Bonchev–Trinajstić information content (AvgIpc) is 2.68. The second-order valence-corrected chi connectivity index (χ2v) is 5.52. The quantitative estimate of drug-likeness (QED) is 0.619. The molecule has 1 amide bonds. The van der Waals surface area contributed by atoms with Crippen LogP contribution in [0.2, 0.25) is 0 Å². The number of fused-ring (bicyclic) bond motifs is 1. The first-order chi connectivity index (χ1) is 12.3. The van der Waals surface area contributed by atoms with Gasteiger partial charge in [0.25, 0.3) is 5.91 Å². The summed E-state index contributed by atoms with van der Waals surface area (Å²) in [5.74, 6) is 0.296. The van der Waals surface area contributed by atoms with E-state index in [2.05, 4.69) is 20.3 Å². The fraction of sp³-hybridized carbons (Fsp3) is 0. The third-order valence-electron chi connectivity index (χ3n) is 3.88. The third-order valence-corrected chi connectivity index (χ3v) is 3.88. The fourth-order valence-electron chi connectivity index (χ4n) is 2.69. The van der Waals surface area contributed by atoms with E-state index < -0.39 is 0 Å². The van der Waals surface area contributed by atoms with Gasteiger partial charge in [0.15, 0.2) is 0 Å². The van der Waals surface area contributed by atoms with Crippen molar-refractivity contribution in [3.63, 3.8) is 0 Å². The Morgan fingerprint density at radius 2 is 1.60 bits per heavy atom. The van der Waals surface area contributed by atoms with Crippen LogP contribution < -0.4 is 5.32 Å². The molecule has 0 radical (unpaired) electrons. The zero-order chi connectivity index (χ0) is 17.1. The summed E-state index contributed by atoms with van der Waals surface area (Å²) in [7, 11) is 0. The van der Waals surface area contributed by atoms with Crippen LogP contribution in [0, 0.1) is 0 Å². The SMILES string of the molecule is O=C(Nc1ccc2ccccc2n1)c1ccccc1-c1cncnc1. The molecule has 0 spiro atoms. The lowest BCUT2D eigenvalue weighted by atomic mass is 10.0. The normalized spacial score (nSPS) is 10.6. The van der Waals surface area contributed by atoms with Crippen molar-refractivity contribution in [2.45, 2.75) is 0 Å². The van der Waals surface area contributed by atoms with Gasteiger partial charge in [-0.2, -0.15) is 0 Å². The van der Waals surface area contributed by atoms with Crippen LogP contribution in [0.1, 0.15) is 10.4 Å². The number of anilines is 1. The van der Waals surface area contributed by atoms with Crippen molar-refractivity contribution in [2.24, 2.45) is 0 Å². The van der Waals surface area contributed by atoms with Crippen molar-refractivity contribution in [3.05, 3.63) is 84.9 Å². The van der Waals surface area contributed by atoms with Crippen LogP contribution >= 0.6 is 0 Å². The maximum Gasteiger partial charge on any atom is 0.257 e. The maximum atomic E-state index is 12.8. The number of aromatic nitrogens is 3. The van der Waals surface area contributed by atoms with E-state index in [9.17, 15) is 4.79 Å². The highest BCUT2D eigenvalue weighted by molar-refractivity contribution is 6.08. The molecule has 0 saturated heterocycles. The predicted molar refractivity (Wildman–Crippen MR) is 97.2 cm³/mol. The van der Waals surface area contributed by atoms with Gasteiger partial charge < -0.3 is 5.32 Å². The summed E-state index contributed by atoms with van der Waals surface area (Å²) in [6, 6.07) is 18.9. The summed E-state index contributed by atoms with van der Waals surface area (Å²) in [5.41, 5.74) is 2.96. The van der Waals surface area contributed by atoms with Crippen molar-refractivity contribution in [1.82, 2.24) is 15.0 Å². The second kappa shape index (κ2) is 6.49. The van der Waals surface area contributed by atoms with Crippen LogP contribution in [0.5, 0.6) is 0 Å². The number of para-hydroxylation sites is 1. The van der Waals surface area contributed by atoms with Crippen LogP contribution in [-0.2, 0) is 0 Å². The van der Waals surface area contributed by atoms with Crippen molar-refractivity contribution in [1.29, 1.82) is 0 Å². The minimum absolute atomic E-state index is 0.220.